The maximum absolute atomic E-state index is 6.41. The van der Waals surface area contributed by atoms with Crippen molar-refractivity contribution in [3.8, 4) is 0 Å². The summed E-state index contributed by atoms with van der Waals surface area (Å²) in [7, 11) is 0. The van der Waals surface area contributed by atoms with Crippen LogP contribution in [0.2, 0.25) is 0 Å². The highest BCUT2D eigenvalue weighted by atomic mass is 16.5. The number of hydrogen-bond acceptors (Lipinski definition) is 2. The first kappa shape index (κ1) is 14.2. The molecule has 0 amide bonds. The van der Waals surface area contributed by atoms with Gasteiger partial charge in [-0.25, -0.2) is 0 Å². The van der Waals surface area contributed by atoms with Gasteiger partial charge in [0.15, 0.2) is 0 Å². The van der Waals surface area contributed by atoms with E-state index in [4.69, 9.17) is 10.5 Å². The molecule has 2 N–H and O–H groups in total. The Labute approximate surface area is 105 Å². The minimum atomic E-state index is -0.232. The molecule has 0 heterocycles. The Balaban J connectivity index is 2.98. The topological polar surface area (TPSA) is 35.2 Å². The second-order valence-electron chi connectivity index (χ2n) is 4.59. The fourth-order valence-corrected chi connectivity index (χ4v) is 2.35. The number of benzene rings is 1. The summed E-state index contributed by atoms with van der Waals surface area (Å²) in [5.41, 5.74) is 8.59. The van der Waals surface area contributed by atoms with Crippen molar-refractivity contribution in [2.45, 2.75) is 52.2 Å². The third kappa shape index (κ3) is 3.08. The molecule has 1 aromatic rings. The Hall–Kier alpha value is -0.860. The normalized spacial score (nSPS) is 13.7. The van der Waals surface area contributed by atoms with Crippen LogP contribution in [-0.4, -0.2) is 12.2 Å². The summed E-state index contributed by atoms with van der Waals surface area (Å²) < 4.78 is 5.95. The molecule has 0 radical (unpaired) electrons. The van der Waals surface area contributed by atoms with E-state index in [2.05, 4.69) is 45.0 Å². The van der Waals surface area contributed by atoms with Crippen molar-refractivity contribution in [3.05, 3.63) is 35.4 Å². The maximum atomic E-state index is 6.41. The van der Waals surface area contributed by atoms with Gasteiger partial charge in [-0.05, 0) is 32.3 Å². The van der Waals surface area contributed by atoms with Gasteiger partial charge >= 0.3 is 0 Å². The van der Waals surface area contributed by atoms with E-state index in [1.807, 2.05) is 6.92 Å². The monoisotopic (exact) mass is 235 g/mol. The SMILES string of the molecule is CCOC(CC)(CC)C(N)c1ccc(C)cc1. The lowest BCUT2D eigenvalue weighted by Crippen LogP contribution is -2.43. The van der Waals surface area contributed by atoms with Crippen molar-refractivity contribution in [3.63, 3.8) is 0 Å². The van der Waals surface area contributed by atoms with Gasteiger partial charge in [0.1, 0.15) is 0 Å². The Kier molecular flexibility index (Phi) is 5.16. The van der Waals surface area contributed by atoms with Gasteiger partial charge in [-0.1, -0.05) is 43.7 Å². The lowest BCUT2D eigenvalue weighted by Gasteiger charge is -2.37. The van der Waals surface area contributed by atoms with Crippen LogP contribution in [0.3, 0.4) is 0 Å². The summed E-state index contributed by atoms with van der Waals surface area (Å²) in [6, 6.07) is 8.38. The van der Waals surface area contributed by atoms with E-state index in [-0.39, 0.29) is 11.6 Å². The Bertz CT molecular complexity index is 327. The molecule has 2 nitrogen and oxygen atoms in total. The number of nitrogens with two attached hydrogens (primary N) is 1. The average Bonchev–Trinajstić information content (AvgIpc) is 2.36. The van der Waals surface area contributed by atoms with Crippen molar-refractivity contribution in [2.75, 3.05) is 6.61 Å². The largest absolute Gasteiger partial charge is 0.373 e. The molecular formula is C15H25NO. The van der Waals surface area contributed by atoms with Crippen LogP contribution >= 0.6 is 0 Å². The second-order valence-corrected chi connectivity index (χ2v) is 4.59. The molecule has 0 aliphatic heterocycles. The summed E-state index contributed by atoms with van der Waals surface area (Å²) in [5.74, 6) is 0. The standard InChI is InChI=1S/C15H25NO/c1-5-15(6-2,17-7-3)14(16)13-10-8-12(4)9-11-13/h8-11,14H,5-7,16H2,1-4H3. The van der Waals surface area contributed by atoms with E-state index < -0.39 is 0 Å². The summed E-state index contributed by atoms with van der Waals surface area (Å²) in [4.78, 5) is 0. The molecule has 1 unspecified atom stereocenters. The summed E-state index contributed by atoms with van der Waals surface area (Å²) >= 11 is 0. The zero-order valence-corrected chi connectivity index (χ0v) is 11.5. The molecule has 0 aromatic heterocycles. The highest BCUT2D eigenvalue weighted by Crippen LogP contribution is 2.33. The van der Waals surface area contributed by atoms with Gasteiger partial charge in [-0.3, -0.25) is 0 Å². The molecule has 0 fully saturated rings. The van der Waals surface area contributed by atoms with Crippen LogP contribution in [0.25, 0.3) is 0 Å². The molecule has 0 saturated carbocycles. The van der Waals surface area contributed by atoms with E-state index in [0.717, 1.165) is 18.4 Å². The molecule has 0 bridgehead atoms. The van der Waals surface area contributed by atoms with Crippen molar-refractivity contribution in [1.29, 1.82) is 0 Å². The molecular weight excluding hydrogens is 210 g/mol. The maximum Gasteiger partial charge on any atom is 0.0868 e. The fraction of sp³-hybridized carbons (Fsp3) is 0.600. The van der Waals surface area contributed by atoms with E-state index in [1.54, 1.807) is 0 Å². The Morgan fingerprint density at radius 1 is 1.12 bits per heavy atom. The first-order valence-electron chi connectivity index (χ1n) is 6.55. The van der Waals surface area contributed by atoms with Crippen LogP contribution in [0, 0.1) is 6.92 Å². The predicted molar refractivity (Wildman–Crippen MR) is 73.0 cm³/mol. The van der Waals surface area contributed by atoms with Gasteiger partial charge in [0.25, 0.3) is 0 Å². The second kappa shape index (κ2) is 6.18. The van der Waals surface area contributed by atoms with Crippen molar-refractivity contribution >= 4 is 0 Å². The van der Waals surface area contributed by atoms with Gasteiger partial charge in [0.2, 0.25) is 0 Å². The number of rotatable bonds is 6. The molecule has 0 aliphatic carbocycles. The lowest BCUT2D eigenvalue weighted by molar-refractivity contribution is -0.0645. The minimum Gasteiger partial charge on any atom is -0.373 e. The quantitative estimate of drug-likeness (QED) is 0.817. The molecule has 96 valence electrons. The van der Waals surface area contributed by atoms with Gasteiger partial charge < -0.3 is 10.5 Å². The third-order valence-corrected chi connectivity index (χ3v) is 3.63. The molecule has 17 heavy (non-hydrogen) atoms. The van der Waals surface area contributed by atoms with Crippen LogP contribution in [-0.2, 0) is 4.74 Å². The zero-order valence-electron chi connectivity index (χ0n) is 11.5. The van der Waals surface area contributed by atoms with Crippen LogP contribution in [0.4, 0.5) is 0 Å². The van der Waals surface area contributed by atoms with Gasteiger partial charge in [0, 0.05) is 6.61 Å². The summed E-state index contributed by atoms with van der Waals surface area (Å²) in [6.45, 7) is 9.12. The van der Waals surface area contributed by atoms with Crippen molar-refractivity contribution < 1.29 is 4.74 Å². The first-order valence-corrected chi connectivity index (χ1v) is 6.55. The van der Waals surface area contributed by atoms with Gasteiger partial charge in [-0.2, -0.15) is 0 Å². The van der Waals surface area contributed by atoms with Gasteiger partial charge in [0.05, 0.1) is 11.6 Å². The molecule has 2 heteroatoms. The summed E-state index contributed by atoms with van der Waals surface area (Å²) in [5, 5.41) is 0. The molecule has 1 aromatic carbocycles. The van der Waals surface area contributed by atoms with E-state index >= 15 is 0 Å². The van der Waals surface area contributed by atoms with Crippen LogP contribution in [0.5, 0.6) is 0 Å². The molecule has 1 atom stereocenters. The third-order valence-electron chi connectivity index (χ3n) is 3.63. The van der Waals surface area contributed by atoms with Crippen LogP contribution in [0.1, 0.15) is 50.8 Å². The number of ether oxygens (including phenoxy) is 1. The van der Waals surface area contributed by atoms with E-state index in [9.17, 15) is 0 Å². The predicted octanol–water partition coefficient (Wildman–Crippen LogP) is 3.59. The van der Waals surface area contributed by atoms with Crippen LogP contribution in [0.15, 0.2) is 24.3 Å². The Morgan fingerprint density at radius 2 is 1.65 bits per heavy atom. The zero-order chi connectivity index (χ0) is 12.9. The fourth-order valence-electron chi connectivity index (χ4n) is 2.35. The summed E-state index contributed by atoms with van der Waals surface area (Å²) in [6.07, 6.45) is 1.87. The van der Waals surface area contributed by atoms with Crippen molar-refractivity contribution in [2.24, 2.45) is 5.73 Å². The minimum absolute atomic E-state index is 0.0574. The molecule has 0 aliphatic rings. The highest BCUT2D eigenvalue weighted by molar-refractivity contribution is 5.26. The van der Waals surface area contributed by atoms with Crippen LogP contribution < -0.4 is 5.73 Å². The van der Waals surface area contributed by atoms with Gasteiger partial charge in [-0.15, -0.1) is 0 Å². The van der Waals surface area contributed by atoms with Crippen molar-refractivity contribution in [1.82, 2.24) is 0 Å². The Morgan fingerprint density at radius 3 is 2.06 bits per heavy atom. The number of hydrogen-bond donors (Lipinski definition) is 1. The molecule has 0 saturated heterocycles. The van der Waals surface area contributed by atoms with E-state index in [1.165, 1.54) is 5.56 Å². The number of aryl methyl sites for hydroxylation is 1. The first-order chi connectivity index (χ1) is 8.09. The molecule has 1 rings (SSSR count). The van der Waals surface area contributed by atoms with E-state index in [0.29, 0.717) is 6.61 Å². The lowest BCUT2D eigenvalue weighted by atomic mass is 9.84. The highest BCUT2D eigenvalue weighted by Gasteiger charge is 2.34. The molecule has 0 spiro atoms. The smallest absolute Gasteiger partial charge is 0.0868 e. The average molecular weight is 235 g/mol.